The molecule has 0 unspecified atom stereocenters. The van der Waals surface area contributed by atoms with Crippen LogP contribution in [0.1, 0.15) is 16.7 Å². The first kappa shape index (κ1) is 20.8. The van der Waals surface area contributed by atoms with Crippen LogP contribution in [0.3, 0.4) is 0 Å². The Kier molecular flexibility index (Phi) is 5.94. The number of benzene rings is 3. The Labute approximate surface area is 183 Å². The maximum Gasteiger partial charge on any atom is 0.368 e. The van der Waals surface area contributed by atoms with Crippen LogP contribution < -0.4 is 9.47 Å². The molecular formula is C24H18N2O6. The van der Waals surface area contributed by atoms with Gasteiger partial charge in [-0.3, -0.25) is 10.1 Å². The van der Waals surface area contributed by atoms with E-state index in [9.17, 15) is 14.9 Å². The standard InChI is InChI=1S/C24H18N2O6/c1-30-20-12-6-18(7-13-20)23-22(24(27)32-25-23)14-16-4-10-21(11-5-16)31-15-17-2-8-19(9-3-17)26(28)29/h2-14H,15H2,1H3/b22-14-. The van der Waals surface area contributed by atoms with Gasteiger partial charge in [0, 0.05) is 17.7 Å². The number of non-ortho nitro benzene ring substituents is 1. The molecule has 3 aromatic rings. The molecule has 0 saturated heterocycles. The predicted molar refractivity (Wildman–Crippen MR) is 117 cm³/mol. The van der Waals surface area contributed by atoms with E-state index in [1.165, 1.54) is 12.1 Å². The minimum atomic E-state index is -0.519. The molecule has 3 aromatic carbocycles. The topological polar surface area (TPSA) is 100 Å². The van der Waals surface area contributed by atoms with Crippen molar-refractivity contribution in [3.63, 3.8) is 0 Å². The Bertz CT molecular complexity index is 1200. The Morgan fingerprint density at radius 2 is 1.62 bits per heavy atom. The second-order valence-corrected chi connectivity index (χ2v) is 6.89. The first-order valence-electron chi connectivity index (χ1n) is 9.65. The van der Waals surface area contributed by atoms with Gasteiger partial charge in [0.15, 0.2) is 0 Å². The van der Waals surface area contributed by atoms with E-state index >= 15 is 0 Å². The molecule has 0 amide bonds. The zero-order chi connectivity index (χ0) is 22.5. The fourth-order valence-electron chi connectivity index (χ4n) is 3.07. The number of hydrogen-bond acceptors (Lipinski definition) is 7. The Hall–Kier alpha value is -4.46. The number of ether oxygens (including phenoxy) is 2. The largest absolute Gasteiger partial charge is 0.497 e. The van der Waals surface area contributed by atoms with Gasteiger partial charge in [0.25, 0.3) is 5.69 Å². The quantitative estimate of drug-likeness (QED) is 0.236. The summed E-state index contributed by atoms with van der Waals surface area (Å²) in [7, 11) is 1.58. The van der Waals surface area contributed by atoms with Crippen molar-refractivity contribution in [3.05, 3.63) is 105 Å². The summed E-state index contributed by atoms with van der Waals surface area (Å²) in [6.07, 6.45) is 1.71. The molecule has 0 saturated carbocycles. The van der Waals surface area contributed by atoms with Crippen molar-refractivity contribution in [2.24, 2.45) is 5.16 Å². The SMILES string of the molecule is COc1ccc(C2=NOC(=O)/C2=C\c2ccc(OCc3ccc([N+](=O)[O-])cc3)cc2)cc1. The summed E-state index contributed by atoms with van der Waals surface area (Å²) in [5.41, 5.74) is 3.18. The van der Waals surface area contributed by atoms with Gasteiger partial charge < -0.3 is 14.3 Å². The molecule has 0 fully saturated rings. The van der Waals surface area contributed by atoms with Gasteiger partial charge in [-0.15, -0.1) is 0 Å². The van der Waals surface area contributed by atoms with Gasteiger partial charge in [0.2, 0.25) is 0 Å². The molecule has 1 aliphatic rings. The molecule has 0 aromatic heterocycles. The second-order valence-electron chi connectivity index (χ2n) is 6.89. The molecule has 160 valence electrons. The number of nitrogens with zero attached hydrogens (tertiary/aromatic N) is 2. The highest BCUT2D eigenvalue weighted by molar-refractivity contribution is 6.31. The first-order valence-corrected chi connectivity index (χ1v) is 9.65. The minimum absolute atomic E-state index is 0.0362. The van der Waals surface area contributed by atoms with Crippen molar-refractivity contribution in [2.45, 2.75) is 6.61 Å². The predicted octanol–water partition coefficient (Wildman–Crippen LogP) is 4.53. The fourth-order valence-corrected chi connectivity index (χ4v) is 3.07. The molecule has 0 radical (unpaired) electrons. The Morgan fingerprint density at radius 1 is 0.969 bits per heavy atom. The molecule has 8 heteroatoms. The van der Waals surface area contributed by atoms with Crippen LogP contribution >= 0.6 is 0 Å². The molecule has 0 aliphatic carbocycles. The number of methoxy groups -OCH3 is 1. The molecular weight excluding hydrogens is 412 g/mol. The summed E-state index contributed by atoms with van der Waals surface area (Å²) in [5.74, 6) is 0.812. The molecule has 8 nitrogen and oxygen atoms in total. The zero-order valence-corrected chi connectivity index (χ0v) is 17.1. The van der Waals surface area contributed by atoms with Crippen LogP contribution in [-0.2, 0) is 16.2 Å². The van der Waals surface area contributed by atoms with E-state index in [2.05, 4.69) is 5.16 Å². The van der Waals surface area contributed by atoms with Crippen LogP contribution in [0, 0.1) is 10.1 Å². The van der Waals surface area contributed by atoms with E-state index in [1.54, 1.807) is 49.6 Å². The van der Waals surface area contributed by atoms with Gasteiger partial charge in [-0.05, 0) is 65.7 Å². The summed E-state index contributed by atoms with van der Waals surface area (Å²) in [5, 5.41) is 14.6. The molecule has 1 aliphatic heterocycles. The van der Waals surface area contributed by atoms with Crippen LogP contribution in [0.4, 0.5) is 5.69 Å². The third-order valence-corrected chi connectivity index (χ3v) is 4.80. The van der Waals surface area contributed by atoms with Crippen molar-refractivity contribution in [3.8, 4) is 11.5 Å². The average molecular weight is 430 g/mol. The number of hydrogen-bond donors (Lipinski definition) is 0. The molecule has 0 atom stereocenters. The lowest BCUT2D eigenvalue weighted by atomic mass is 10.0. The van der Waals surface area contributed by atoms with E-state index in [0.717, 1.165) is 16.7 Å². The Morgan fingerprint density at radius 3 is 2.25 bits per heavy atom. The molecule has 4 rings (SSSR count). The number of carbonyl (C=O) groups excluding carboxylic acids is 1. The lowest BCUT2D eigenvalue weighted by Crippen LogP contribution is -2.06. The van der Waals surface area contributed by atoms with Crippen molar-refractivity contribution in [1.82, 2.24) is 0 Å². The van der Waals surface area contributed by atoms with Crippen LogP contribution in [0.2, 0.25) is 0 Å². The van der Waals surface area contributed by atoms with Crippen LogP contribution in [0.15, 0.2) is 83.5 Å². The molecule has 0 spiro atoms. The van der Waals surface area contributed by atoms with E-state index < -0.39 is 10.9 Å². The lowest BCUT2D eigenvalue weighted by Gasteiger charge is -2.07. The first-order chi connectivity index (χ1) is 15.5. The highest BCUT2D eigenvalue weighted by atomic mass is 16.7. The lowest BCUT2D eigenvalue weighted by molar-refractivity contribution is -0.384. The smallest absolute Gasteiger partial charge is 0.368 e. The van der Waals surface area contributed by atoms with Crippen LogP contribution in [0.25, 0.3) is 6.08 Å². The molecule has 0 bridgehead atoms. The van der Waals surface area contributed by atoms with Crippen molar-refractivity contribution in [2.75, 3.05) is 7.11 Å². The number of nitro groups is 1. The van der Waals surface area contributed by atoms with Crippen molar-refractivity contribution >= 4 is 23.4 Å². The average Bonchev–Trinajstić information content (AvgIpc) is 3.19. The van der Waals surface area contributed by atoms with E-state index in [-0.39, 0.29) is 12.3 Å². The maximum absolute atomic E-state index is 12.2. The van der Waals surface area contributed by atoms with E-state index in [1.807, 2.05) is 24.3 Å². The fraction of sp³-hybridized carbons (Fsp3) is 0.0833. The summed E-state index contributed by atoms with van der Waals surface area (Å²) in [6, 6.07) is 20.6. The monoisotopic (exact) mass is 430 g/mol. The van der Waals surface area contributed by atoms with Gasteiger partial charge in [0.1, 0.15) is 23.8 Å². The third kappa shape index (κ3) is 4.65. The zero-order valence-electron chi connectivity index (χ0n) is 17.1. The van der Waals surface area contributed by atoms with Crippen LogP contribution in [0.5, 0.6) is 11.5 Å². The number of rotatable bonds is 7. The van der Waals surface area contributed by atoms with Crippen molar-refractivity contribution < 1.29 is 24.0 Å². The third-order valence-electron chi connectivity index (χ3n) is 4.80. The number of oxime groups is 1. The van der Waals surface area contributed by atoms with Gasteiger partial charge >= 0.3 is 5.97 Å². The minimum Gasteiger partial charge on any atom is -0.497 e. The van der Waals surface area contributed by atoms with E-state index in [0.29, 0.717) is 22.8 Å². The van der Waals surface area contributed by atoms with Gasteiger partial charge in [0.05, 0.1) is 17.6 Å². The second kappa shape index (κ2) is 9.13. The normalized spacial score (nSPS) is 14.1. The van der Waals surface area contributed by atoms with E-state index in [4.69, 9.17) is 14.3 Å². The summed E-state index contributed by atoms with van der Waals surface area (Å²) < 4.78 is 10.9. The summed E-state index contributed by atoms with van der Waals surface area (Å²) >= 11 is 0. The van der Waals surface area contributed by atoms with Crippen LogP contribution in [-0.4, -0.2) is 23.7 Å². The van der Waals surface area contributed by atoms with Crippen molar-refractivity contribution in [1.29, 1.82) is 0 Å². The van der Waals surface area contributed by atoms with Gasteiger partial charge in [-0.25, -0.2) is 4.79 Å². The maximum atomic E-state index is 12.2. The van der Waals surface area contributed by atoms with Gasteiger partial charge in [-0.1, -0.05) is 17.3 Å². The summed E-state index contributed by atoms with van der Waals surface area (Å²) in [6.45, 7) is 0.277. The highest BCUT2D eigenvalue weighted by Gasteiger charge is 2.26. The van der Waals surface area contributed by atoms with Gasteiger partial charge in [-0.2, -0.15) is 0 Å². The molecule has 0 N–H and O–H groups in total. The highest BCUT2D eigenvalue weighted by Crippen LogP contribution is 2.24. The Balaban J connectivity index is 1.45. The molecule has 32 heavy (non-hydrogen) atoms. The molecule has 1 heterocycles. The number of carbonyl (C=O) groups is 1. The number of nitro benzene ring substituents is 1. The summed E-state index contributed by atoms with van der Waals surface area (Å²) in [4.78, 5) is 27.3.